The fraction of sp³-hybridized carbons (Fsp3) is 0.231. The number of aromatic amines is 1. The molecule has 0 saturated heterocycles. The first kappa shape index (κ1) is 12.2. The Bertz CT molecular complexity index is 630. The number of fused-ring (bicyclic) bond motifs is 1. The van der Waals surface area contributed by atoms with Gasteiger partial charge in [0.05, 0.1) is 28.6 Å². The molecule has 4 N–H and O–H groups in total. The Morgan fingerprint density at radius 3 is 3.11 bits per heavy atom. The number of nitrogens with two attached hydrogens (primary N) is 1. The van der Waals surface area contributed by atoms with Crippen LogP contribution in [0.3, 0.4) is 0 Å². The molecule has 0 saturated carbocycles. The first-order chi connectivity index (χ1) is 8.72. The largest absolute Gasteiger partial charge is 0.397 e. The van der Waals surface area contributed by atoms with Crippen molar-refractivity contribution in [3.05, 3.63) is 41.0 Å². The molecule has 0 amide bonds. The molecule has 0 radical (unpaired) electrons. The van der Waals surface area contributed by atoms with Crippen molar-refractivity contribution in [2.24, 2.45) is 0 Å². The number of rotatable bonds is 4. The summed E-state index contributed by atoms with van der Waals surface area (Å²) >= 11 is 0. The minimum atomic E-state index is -0.174. The summed E-state index contributed by atoms with van der Waals surface area (Å²) in [5.41, 5.74) is 7.74. The number of hydrogen-bond donors (Lipinski definition) is 3. The smallest absolute Gasteiger partial charge is 0.258 e. The molecule has 1 aromatic heterocycles. The molecule has 2 aromatic rings. The van der Waals surface area contributed by atoms with E-state index in [4.69, 9.17) is 5.73 Å². The van der Waals surface area contributed by atoms with Crippen LogP contribution in [0.2, 0.25) is 0 Å². The molecule has 0 aliphatic rings. The van der Waals surface area contributed by atoms with Crippen molar-refractivity contribution in [3.63, 3.8) is 0 Å². The average molecular weight is 244 g/mol. The number of hydrogen-bond acceptors (Lipinski definition) is 4. The van der Waals surface area contributed by atoms with E-state index in [1.54, 1.807) is 12.1 Å². The molecule has 5 heteroatoms. The third kappa shape index (κ3) is 2.51. The topological polar surface area (TPSA) is 83.8 Å². The van der Waals surface area contributed by atoms with Gasteiger partial charge in [0, 0.05) is 6.54 Å². The van der Waals surface area contributed by atoms with Gasteiger partial charge in [-0.15, -0.1) is 0 Å². The van der Waals surface area contributed by atoms with E-state index in [9.17, 15) is 4.79 Å². The van der Waals surface area contributed by atoms with E-state index in [2.05, 4.69) is 21.4 Å². The summed E-state index contributed by atoms with van der Waals surface area (Å²) in [6.45, 7) is 2.78. The molecule has 0 unspecified atom stereocenters. The second kappa shape index (κ2) is 5.35. The predicted molar refractivity (Wildman–Crippen MR) is 74.7 cm³/mol. The van der Waals surface area contributed by atoms with Crippen molar-refractivity contribution in [2.45, 2.75) is 13.3 Å². The van der Waals surface area contributed by atoms with Crippen LogP contribution in [-0.4, -0.2) is 16.5 Å². The summed E-state index contributed by atoms with van der Waals surface area (Å²) in [5, 5.41) is 3.74. The van der Waals surface area contributed by atoms with Gasteiger partial charge in [-0.1, -0.05) is 12.2 Å². The molecule has 5 nitrogen and oxygen atoms in total. The highest BCUT2D eigenvalue weighted by molar-refractivity contribution is 5.88. The van der Waals surface area contributed by atoms with E-state index in [1.165, 1.54) is 6.33 Å². The van der Waals surface area contributed by atoms with Crippen LogP contribution in [0, 0.1) is 0 Å². The summed E-state index contributed by atoms with van der Waals surface area (Å²) in [7, 11) is 0. The zero-order valence-electron chi connectivity index (χ0n) is 10.2. The van der Waals surface area contributed by atoms with Crippen molar-refractivity contribution in [3.8, 4) is 0 Å². The van der Waals surface area contributed by atoms with Gasteiger partial charge in [-0.3, -0.25) is 4.79 Å². The lowest BCUT2D eigenvalue weighted by Gasteiger charge is -2.09. The van der Waals surface area contributed by atoms with Gasteiger partial charge >= 0.3 is 0 Å². The molecule has 0 aliphatic heterocycles. The van der Waals surface area contributed by atoms with E-state index >= 15 is 0 Å². The van der Waals surface area contributed by atoms with Crippen molar-refractivity contribution in [2.75, 3.05) is 17.6 Å². The summed E-state index contributed by atoms with van der Waals surface area (Å²) < 4.78 is 0. The van der Waals surface area contributed by atoms with Gasteiger partial charge in [0.25, 0.3) is 5.56 Å². The van der Waals surface area contributed by atoms with E-state index in [1.807, 2.05) is 13.0 Å². The molecule has 1 heterocycles. The average Bonchev–Trinajstić information content (AvgIpc) is 2.36. The number of benzene rings is 1. The summed E-state index contributed by atoms with van der Waals surface area (Å²) in [4.78, 5) is 18.2. The molecule has 0 fully saturated rings. The van der Waals surface area contributed by atoms with Crippen LogP contribution in [0.5, 0.6) is 0 Å². The number of nitrogens with one attached hydrogen (secondary N) is 2. The van der Waals surface area contributed by atoms with E-state index in [0.29, 0.717) is 16.6 Å². The van der Waals surface area contributed by atoms with Crippen molar-refractivity contribution in [1.82, 2.24) is 9.97 Å². The number of aromatic nitrogens is 2. The molecular formula is C13H16N4O. The van der Waals surface area contributed by atoms with E-state index < -0.39 is 0 Å². The molecule has 0 bridgehead atoms. The van der Waals surface area contributed by atoms with Crippen molar-refractivity contribution < 1.29 is 0 Å². The molecule has 18 heavy (non-hydrogen) atoms. The second-order valence-corrected chi connectivity index (χ2v) is 3.97. The number of nitrogen functional groups attached to an aromatic ring is 1. The minimum Gasteiger partial charge on any atom is -0.397 e. The van der Waals surface area contributed by atoms with Gasteiger partial charge in [0.2, 0.25) is 0 Å². The Kier molecular flexibility index (Phi) is 3.62. The van der Waals surface area contributed by atoms with Crippen LogP contribution < -0.4 is 16.6 Å². The number of allylic oxidation sites excluding steroid dienone is 1. The highest BCUT2D eigenvalue weighted by atomic mass is 16.1. The number of anilines is 2. The minimum absolute atomic E-state index is 0.174. The number of nitrogens with zero attached hydrogens (tertiary/aromatic N) is 1. The number of H-pyrrole nitrogens is 1. The SMILES string of the molecule is C/C=C/CCNc1cc2nc[nH]c(=O)c2cc1N. The van der Waals surface area contributed by atoms with Crippen LogP contribution in [0.4, 0.5) is 11.4 Å². The monoisotopic (exact) mass is 244 g/mol. The standard InChI is InChI=1S/C13H16N4O/c1-2-3-4-5-15-12-7-11-9(6-10(12)14)13(18)17-8-16-11/h2-3,6-8,15H,4-5,14H2,1H3,(H,16,17,18)/b3-2+. The maximum absolute atomic E-state index is 11.6. The predicted octanol–water partition coefficient (Wildman–Crippen LogP) is 1.88. The molecule has 94 valence electrons. The van der Waals surface area contributed by atoms with E-state index in [0.717, 1.165) is 18.7 Å². The van der Waals surface area contributed by atoms with Crippen LogP contribution in [-0.2, 0) is 0 Å². The Balaban J connectivity index is 2.29. The molecule has 1 aromatic carbocycles. The fourth-order valence-corrected chi connectivity index (χ4v) is 1.74. The third-order valence-electron chi connectivity index (χ3n) is 2.67. The lowest BCUT2D eigenvalue weighted by molar-refractivity contribution is 1.06. The van der Waals surface area contributed by atoms with Gasteiger partial charge in [-0.05, 0) is 25.5 Å². The Hall–Kier alpha value is -2.30. The molecular weight excluding hydrogens is 228 g/mol. The lowest BCUT2D eigenvalue weighted by atomic mass is 10.2. The van der Waals surface area contributed by atoms with E-state index in [-0.39, 0.29) is 5.56 Å². The molecule has 0 spiro atoms. The van der Waals surface area contributed by atoms with Gasteiger partial charge < -0.3 is 16.0 Å². The lowest BCUT2D eigenvalue weighted by Crippen LogP contribution is -2.09. The molecule has 0 aliphatic carbocycles. The fourth-order valence-electron chi connectivity index (χ4n) is 1.74. The summed E-state index contributed by atoms with van der Waals surface area (Å²) in [6.07, 6.45) is 6.40. The summed E-state index contributed by atoms with van der Waals surface area (Å²) in [5.74, 6) is 0. The second-order valence-electron chi connectivity index (χ2n) is 3.97. The highest BCUT2D eigenvalue weighted by Gasteiger charge is 2.05. The third-order valence-corrected chi connectivity index (χ3v) is 2.67. The zero-order valence-corrected chi connectivity index (χ0v) is 10.2. The van der Waals surface area contributed by atoms with Crippen molar-refractivity contribution >= 4 is 22.3 Å². The van der Waals surface area contributed by atoms with Gasteiger partial charge in [-0.25, -0.2) is 4.98 Å². The van der Waals surface area contributed by atoms with Gasteiger partial charge in [-0.2, -0.15) is 0 Å². The quantitative estimate of drug-likeness (QED) is 0.435. The van der Waals surface area contributed by atoms with Gasteiger partial charge in [0.15, 0.2) is 0 Å². The van der Waals surface area contributed by atoms with Crippen LogP contribution in [0.1, 0.15) is 13.3 Å². The Labute approximate surface area is 105 Å². The van der Waals surface area contributed by atoms with Gasteiger partial charge in [0.1, 0.15) is 0 Å². The molecule has 0 atom stereocenters. The van der Waals surface area contributed by atoms with Crippen molar-refractivity contribution in [1.29, 1.82) is 0 Å². The zero-order chi connectivity index (χ0) is 13.0. The molecule has 2 rings (SSSR count). The maximum Gasteiger partial charge on any atom is 0.258 e. The van der Waals surface area contributed by atoms with Crippen LogP contribution in [0.25, 0.3) is 10.9 Å². The highest BCUT2D eigenvalue weighted by Crippen LogP contribution is 2.22. The summed E-state index contributed by atoms with van der Waals surface area (Å²) in [6, 6.07) is 3.45. The normalized spacial score (nSPS) is 11.2. The first-order valence-electron chi connectivity index (χ1n) is 5.84. The first-order valence-corrected chi connectivity index (χ1v) is 5.84. The van der Waals surface area contributed by atoms with Crippen LogP contribution >= 0.6 is 0 Å². The Morgan fingerprint density at radius 1 is 1.50 bits per heavy atom. The maximum atomic E-state index is 11.6. The van der Waals surface area contributed by atoms with Crippen LogP contribution in [0.15, 0.2) is 35.4 Å². The Morgan fingerprint density at radius 2 is 2.33 bits per heavy atom.